The monoisotopic (exact) mass is 371 g/mol. The van der Waals surface area contributed by atoms with E-state index in [0.717, 1.165) is 0 Å². The Hall–Kier alpha value is -3.03. The maximum Gasteiger partial charge on any atom is 0.215 e. The number of nitrogens with one attached hydrogen (secondary N) is 2. The van der Waals surface area contributed by atoms with Gasteiger partial charge in [-0.1, -0.05) is 0 Å². The lowest BCUT2D eigenvalue weighted by Gasteiger charge is -2.11. The molecular weight excluding hydrogens is 353 g/mol. The smallest absolute Gasteiger partial charge is 0.215 e. The Balaban J connectivity index is 1.64. The number of alkyl halides is 1. The first-order valence-electron chi connectivity index (χ1n) is 8.51. The Bertz CT molecular complexity index is 1010. The van der Waals surface area contributed by atoms with Gasteiger partial charge in [0.05, 0.1) is 18.4 Å². The summed E-state index contributed by atoms with van der Waals surface area (Å²) in [5.41, 5.74) is 2.06. The van der Waals surface area contributed by atoms with Crippen molar-refractivity contribution in [2.75, 3.05) is 12.4 Å². The lowest BCUT2D eigenvalue weighted by Crippen LogP contribution is -2.19. The number of nitriles is 1. The number of aliphatic hydroxyl groups is 1. The third-order valence-corrected chi connectivity index (χ3v) is 4.67. The van der Waals surface area contributed by atoms with Crippen LogP contribution in [-0.4, -0.2) is 49.1 Å². The van der Waals surface area contributed by atoms with E-state index >= 15 is 0 Å². The molecule has 140 valence electrons. The predicted molar refractivity (Wildman–Crippen MR) is 93.2 cm³/mol. The first-order chi connectivity index (χ1) is 13.1. The fourth-order valence-electron chi connectivity index (χ4n) is 3.37. The summed E-state index contributed by atoms with van der Waals surface area (Å²) in [5, 5.41) is 28.8. The Kier molecular flexibility index (Phi) is 4.47. The highest BCUT2D eigenvalue weighted by Gasteiger charge is 2.37. The quantitative estimate of drug-likeness (QED) is 0.624. The highest BCUT2D eigenvalue weighted by atomic mass is 19.1. The standard InChI is InChI=1S/C17H18FN7O2/c1-27-8-10-7-25-15(20-10)4-9(6-19)21-17(25)22-14-5-12(23-24-14)11-2-3-13(26)16(11)18/h4-5,7,11,13,16,26H,2-3,8H2,1H3,(H2,21,22,23,24)/t11-,13-,16-/m1/s1. The molecule has 0 aliphatic heterocycles. The van der Waals surface area contributed by atoms with E-state index in [4.69, 9.17) is 4.74 Å². The van der Waals surface area contributed by atoms with E-state index in [2.05, 4.69) is 25.5 Å². The van der Waals surface area contributed by atoms with Gasteiger partial charge >= 0.3 is 0 Å². The van der Waals surface area contributed by atoms with Crippen molar-refractivity contribution in [1.82, 2.24) is 24.6 Å². The lowest BCUT2D eigenvalue weighted by molar-refractivity contribution is 0.0959. The normalized spacial score (nSPS) is 22.2. The molecule has 0 saturated heterocycles. The van der Waals surface area contributed by atoms with Gasteiger partial charge in [-0.05, 0) is 12.8 Å². The second-order valence-electron chi connectivity index (χ2n) is 6.50. The van der Waals surface area contributed by atoms with Crippen LogP contribution in [-0.2, 0) is 11.3 Å². The topological polar surface area (TPSA) is 124 Å². The van der Waals surface area contributed by atoms with Gasteiger partial charge in [0.2, 0.25) is 5.95 Å². The Morgan fingerprint density at radius 3 is 3.00 bits per heavy atom. The number of aromatic nitrogens is 5. The third kappa shape index (κ3) is 3.22. The van der Waals surface area contributed by atoms with E-state index in [-0.39, 0.29) is 5.69 Å². The second kappa shape index (κ2) is 6.94. The number of methoxy groups -OCH3 is 1. The molecule has 3 aromatic rings. The van der Waals surface area contributed by atoms with Crippen molar-refractivity contribution in [3.63, 3.8) is 0 Å². The van der Waals surface area contributed by atoms with E-state index in [0.29, 0.717) is 48.2 Å². The maximum absolute atomic E-state index is 14.1. The van der Waals surface area contributed by atoms with Crippen LogP contribution in [0.5, 0.6) is 0 Å². The van der Waals surface area contributed by atoms with Crippen LogP contribution in [0.15, 0.2) is 18.3 Å². The minimum atomic E-state index is -1.31. The highest BCUT2D eigenvalue weighted by Crippen LogP contribution is 2.37. The molecule has 0 radical (unpaired) electrons. The number of ether oxygens (including phenoxy) is 1. The number of hydrogen-bond acceptors (Lipinski definition) is 7. The number of anilines is 2. The summed E-state index contributed by atoms with van der Waals surface area (Å²) in [6, 6.07) is 5.27. The summed E-state index contributed by atoms with van der Waals surface area (Å²) < 4.78 is 20.9. The predicted octanol–water partition coefficient (Wildman–Crippen LogP) is 1.79. The molecule has 1 aliphatic carbocycles. The van der Waals surface area contributed by atoms with Crippen LogP contribution in [0.1, 0.15) is 35.8 Å². The number of aromatic amines is 1. The van der Waals surface area contributed by atoms with Crippen LogP contribution < -0.4 is 5.32 Å². The SMILES string of the molecule is COCc1cn2c(Nc3cc([C@H]4CC[C@@H](O)[C@@H]4F)[nH]n3)nc(C#N)cc2n1. The average molecular weight is 371 g/mol. The number of hydrogen-bond donors (Lipinski definition) is 3. The number of H-pyrrole nitrogens is 1. The van der Waals surface area contributed by atoms with Crippen LogP contribution in [0.25, 0.3) is 5.65 Å². The molecule has 0 spiro atoms. The highest BCUT2D eigenvalue weighted by molar-refractivity contribution is 5.56. The lowest BCUT2D eigenvalue weighted by atomic mass is 10.0. The van der Waals surface area contributed by atoms with Crippen molar-refractivity contribution < 1.29 is 14.2 Å². The number of fused-ring (bicyclic) bond motifs is 1. The largest absolute Gasteiger partial charge is 0.390 e. The van der Waals surface area contributed by atoms with Gasteiger partial charge in [0, 0.05) is 37.1 Å². The molecule has 1 saturated carbocycles. The van der Waals surface area contributed by atoms with Crippen LogP contribution >= 0.6 is 0 Å². The summed E-state index contributed by atoms with van der Waals surface area (Å²) >= 11 is 0. The molecule has 9 nitrogen and oxygen atoms in total. The molecule has 3 aromatic heterocycles. The van der Waals surface area contributed by atoms with Crippen molar-refractivity contribution in [1.29, 1.82) is 5.26 Å². The summed E-state index contributed by atoms with van der Waals surface area (Å²) in [6.07, 6.45) is 0.493. The molecule has 0 bridgehead atoms. The van der Waals surface area contributed by atoms with E-state index in [1.807, 2.05) is 6.07 Å². The van der Waals surface area contributed by atoms with E-state index in [9.17, 15) is 14.8 Å². The summed E-state index contributed by atoms with van der Waals surface area (Å²) in [6.45, 7) is 0.331. The van der Waals surface area contributed by atoms with Gasteiger partial charge in [-0.3, -0.25) is 9.50 Å². The van der Waals surface area contributed by atoms with Crippen molar-refractivity contribution >= 4 is 17.4 Å². The molecule has 1 aliphatic rings. The molecule has 0 amide bonds. The molecule has 27 heavy (non-hydrogen) atoms. The summed E-state index contributed by atoms with van der Waals surface area (Å²) in [7, 11) is 1.57. The maximum atomic E-state index is 14.1. The molecule has 3 atom stereocenters. The van der Waals surface area contributed by atoms with E-state index < -0.39 is 18.2 Å². The van der Waals surface area contributed by atoms with Crippen LogP contribution in [0.2, 0.25) is 0 Å². The molecule has 3 heterocycles. The average Bonchev–Trinajstić information content (AvgIpc) is 3.35. The second-order valence-corrected chi connectivity index (χ2v) is 6.50. The van der Waals surface area contributed by atoms with Gasteiger partial charge in [0.25, 0.3) is 0 Å². The van der Waals surface area contributed by atoms with Gasteiger partial charge in [0.1, 0.15) is 23.6 Å². The molecule has 10 heteroatoms. The first-order valence-corrected chi connectivity index (χ1v) is 8.51. The zero-order chi connectivity index (χ0) is 19.0. The van der Waals surface area contributed by atoms with E-state index in [1.54, 1.807) is 29.8 Å². The van der Waals surface area contributed by atoms with Gasteiger partial charge in [0.15, 0.2) is 5.82 Å². The molecule has 1 fully saturated rings. The third-order valence-electron chi connectivity index (χ3n) is 4.67. The van der Waals surface area contributed by atoms with Crippen molar-refractivity contribution in [2.24, 2.45) is 0 Å². The van der Waals surface area contributed by atoms with Gasteiger partial charge < -0.3 is 15.2 Å². The number of imidazole rings is 1. The van der Waals surface area contributed by atoms with E-state index in [1.165, 1.54) is 0 Å². The van der Waals surface area contributed by atoms with Crippen LogP contribution in [0.3, 0.4) is 0 Å². The first kappa shape index (κ1) is 17.4. The fourth-order valence-corrected chi connectivity index (χ4v) is 3.37. The molecule has 3 N–H and O–H groups in total. The summed E-state index contributed by atoms with van der Waals surface area (Å²) in [4.78, 5) is 8.66. The zero-order valence-corrected chi connectivity index (χ0v) is 14.6. The Morgan fingerprint density at radius 2 is 2.30 bits per heavy atom. The number of halogens is 1. The Labute approximate surface area is 153 Å². The van der Waals surface area contributed by atoms with Crippen molar-refractivity contribution in [3.05, 3.63) is 35.4 Å². The number of nitrogens with zero attached hydrogens (tertiary/aromatic N) is 5. The molecular formula is C17H18FN7O2. The minimum Gasteiger partial charge on any atom is -0.390 e. The zero-order valence-electron chi connectivity index (χ0n) is 14.6. The molecule has 0 aromatic carbocycles. The van der Waals surface area contributed by atoms with Crippen LogP contribution in [0.4, 0.5) is 16.2 Å². The van der Waals surface area contributed by atoms with Crippen LogP contribution in [0, 0.1) is 11.3 Å². The fraction of sp³-hybridized carbons (Fsp3) is 0.412. The van der Waals surface area contributed by atoms with Gasteiger partial charge in [-0.25, -0.2) is 14.4 Å². The van der Waals surface area contributed by atoms with Crippen molar-refractivity contribution in [2.45, 2.75) is 37.6 Å². The van der Waals surface area contributed by atoms with Gasteiger partial charge in [-0.15, -0.1) is 0 Å². The molecule has 4 rings (SSSR count). The van der Waals surface area contributed by atoms with Gasteiger partial charge in [-0.2, -0.15) is 10.4 Å². The summed E-state index contributed by atoms with van der Waals surface area (Å²) in [5.74, 6) is 0.382. The number of rotatable bonds is 5. The van der Waals surface area contributed by atoms with Crippen molar-refractivity contribution in [3.8, 4) is 6.07 Å². The number of aliphatic hydroxyl groups excluding tert-OH is 1. The minimum absolute atomic E-state index is 0.207. The Morgan fingerprint density at radius 1 is 1.44 bits per heavy atom. The molecule has 0 unspecified atom stereocenters.